The molecule has 1 atom stereocenters. The third-order valence-corrected chi connectivity index (χ3v) is 5.08. The van der Waals surface area contributed by atoms with Crippen molar-refractivity contribution in [3.63, 3.8) is 0 Å². The minimum absolute atomic E-state index is 0.00737. The van der Waals surface area contributed by atoms with Crippen molar-refractivity contribution >= 4 is 5.91 Å². The maximum Gasteiger partial charge on any atom is 0.253 e. The predicted octanol–water partition coefficient (Wildman–Crippen LogP) is 2.67. The van der Waals surface area contributed by atoms with Gasteiger partial charge in [-0.1, -0.05) is 0 Å². The van der Waals surface area contributed by atoms with E-state index in [1.54, 1.807) is 12.1 Å². The summed E-state index contributed by atoms with van der Waals surface area (Å²) in [5.41, 5.74) is 3.08. The van der Waals surface area contributed by atoms with Crippen LogP contribution in [-0.2, 0) is 11.8 Å². The molecule has 1 aromatic carbocycles. The van der Waals surface area contributed by atoms with E-state index in [9.17, 15) is 9.18 Å². The van der Waals surface area contributed by atoms with E-state index in [1.165, 1.54) is 23.4 Å². The molecule has 4 nitrogen and oxygen atoms in total. The molecule has 1 amide bonds. The Balaban J connectivity index is 1.59. The van der Waals surface area contributed by atoms with Crippen LogP contribution in [0.25, 0.3) is 0 Å². The standard InChI is InChI=1S/C17H18FN3O/c18-14-4-2-12(3-5-14)16(22)21-9-1-7-17(11-21)8-6-13-10-19-20-15(13)17/h2-5,10H,1,6-9,11H2,(H,19,20). The van der Waals surface area contributed by atoms with Crippen molar-refractivity contribution in [3.8, 4) is 0 Å². The van der Waals surface area contributed by atoms with Crippen LogP contribution in [0.2, 0.25) is 0 Å². The number of fused-ring (bicyclic) bond motifs is 2. The summed E-state index contributed by atoms with van der Waals surface area (Å²) in [6, 6.07) is 5.81. The zero-order chi connectivity index (χ0) is 15.2. The van der Waals surface area contributed by atoms with Crippen LogP contribution in [-0.4, -0.2) is 34.1 Å². The van der Waals surface area contributed by atoms with Gasteiger partial charge in [0, 0.05) is 29.8 Å². The molecule has 1 unspecified atom stereocenters. The molecule has 1 N–H and O–H groups in total. The quantitative estimate of drug-likeness (QED) is 0.880. The molecule has 5 heteroatoms. The summed E-state index contributed by atoms with van der Waals surface area (Å²) in [6.07, 6.45) is 6.10. The Kier molecular flexibility index (Phi) is 3.03. The number of hydrogen-bond donors (Lipinski definition) is 1. The lowest BCUT2D eigenvalue weighted by molar-refractivity contribution is 0.0633. The van der Waals surface area contributed by atoms with E-state index in [1.807, 2.05) is 11.1 Å². The number of piperidine rings is 1. The van der Waals surface area contributed by atoms with Gasteiger partial charge in [0.05, 0.1) is 6.20 Å². The highest BCUT2D eigenvalue weighted by Crippen LogP contribution is 2.44. The topological polar surface area (TPSA) is 49.0 Å². The molecule has 0 saturated carbocycles. The number of aryl methyl sites for hydroxylation is 1. The number of aromatic amines is 1. The van der Waals surface area contributed by atoms with Crippen LogP contribution in [0.1, 0.15) is 40.9 Å². The molecule has 114 valence electrons. The van der Waals surface area contributed by atoms with Crippen molar-refractivity contribution in [2.45, 2.75) is 31.1 Å². The van der Waals surface area contributed by atoms with Gasteiger partial charge in [0.1, 0.15) is 5.82 Å². The summed E-state index contributed by atoms with van der Waals surface area (Å²) < 4.78 is 13.0. The van der Waals surface area contributed by atoms with E-state index >= 15 is 0 Å². The lowest BCUT2D eigenvalue weighted by Gasteiger charge is -2.40. The Bertz CT molecular complexity index is 709. The van der Waals surface area contributed by atoms with Gasteiger partial charge in [-0.25, -0.2) is 4.39 Å². The highest BCUT2D eigenvalue weighted by molar-refractivity contribution is 5.94. The monoisotopic (exact) mass is 299 g/mol. The largest absolute Gasteiger partial charge is 0.338 e. The zero-order valence-electron chi connectivity index (χ0n) is 12.3. The van der Waals surface area contributed by atoms with Crippen molar-refractivity contribution < 1.29 is 9.18 Å². The molecule has 0 radical (unpaired) electrons. The van der Waals surface area contributed by atoms with Gasteiger partial charge in [0.15, 0.2) is 0 Å². The molecule has 1 spiro atoms. The Labute approximate surface area is 128 Å². The average Bonchev–Trinajstić information content (AvgIpc) is 3.13. The number of rotatable bonds is 1. The highest BCUT2D eigenvalue weighted by atomic mass is 19.1. The normalized spacial score (nSPS) is 23.8. The fraction of sp³-hybridized carbons (Fsp3) is 0.412. The minimum atomic E-state index is -0.315. The van der Waals surface area contributed by atoms with Gasteiger partial charge in [-0.15, -0.1) is 0 Å². The molecular weight excluding hydrogens is 281 g/mol. The second kappa shape index (κ2) is 4.93. The molecule has 2 aromatic rings. The van der Waals surface area contributed by atoms with Crippen LogP contribution in [0.4, 0.5) is 4.39 Å². The number of nitrogens with one attached hydrogen (secondary N) is 1. The Morgan fingerprint density at radius 1 is 1.27 bits per heavy atom. The van der Waals surface area contributed by atoms with Gasteiger partial charge < -0.3 is 4.90 Å². The lowest BCUT2D eigenvalue weighted by atomic mass is 9.77. The van der Waals surface area contributed by atoms with E-state index in [4.69, 9.17) is 0 Å². The molecule has 4 rings (SSSR count). The number of nitrogens with zero attached hydrogens (tertiary/aromatic N) is 2. The van der Waals surface area contributed by atoms with Gasteiger partial charge in [-0.05, 0) is 55.5 Å². The minimum Gasteiger partial charge on any atom is -0.338 e. The van der Waals surface area contributed by atoms with Crippen molar-refractivity contribution in [1.29, 1.82) is 0 Å². The molecule has 1 saturated heterocycles. The first kappa shape index (κ1) is 13.5. The average molecular weight is 299 g/mol. The second-order valence-corrected chi connectivity index (χ2v) is 6.39. The molecule has 2 heterocycles. The van der Waals surface area contributed by atoms with Gasteiger partial charge >= 0.3 is 0 Å². The van der Waals surface area contributed by atoms with Crippen LogP contribution in [0.5, 0.6) is 0 Å². The molecule has 1 aliphatic carbocycles. The van der Waals surface area contributed by atoms with Crippen LogP contribution in [0.15, 0.2) is 30.5 Å². The maximum atomic E-state index is 13.0. The number of likely N-dealkylation sites (tertiary alicyclic amines) is 1. The Morgan fingerprint density at radius 3 is 2.91 bits per heavy atom. The van der Waals surface area contributed by atoms with E-state index in [2.05, 4.69) is 10.2 Å². The van der Waals surface area contributed by atoms with E-state index in [0.29, 0.717) is 5.56 Å². The van der Waals surface area contributed by atoms with Gasteiger partial charge in [0.25, 0.3) is 5.91 Å². The number of amides is 1. The van der Waals surface area contributed by atoms with Gasteiger partial charge in [-0.2, -0.15) is 5.10 Å². The number of carbonyl (C=O) groups is 1. The molecule has 1 fully saturated rings. The molecule has 1 aromatic heterocycles. The van der Waals surface area contributed by atoms with Crippen molar-refractivity contribution in [3.05, 3.63) is 53.1 Å². The third-order valence-electron chi connectivity index (χ3n) is 5.08. The van der Waals surface area contributed by atoms with Crippen molar-refractivity contribution in [2.75, 3.05) is 13.1 Å². The number of aromatic nitrogens is 2. The Hall–Kier alpha value is -2.17. The second-order valence-electron chi connectivity index (χ2n) is 6.39. The van der Waals surface area contributed by atoms with Crippen LogP contribution >= 0.6 is 0 Å². The summed E-state index contributed by atoms with van der Waals surface area (Å²) in [6.45, 7) is 1.49. The molecule has 0 bridgehead atoms. The first-order valence-corrected chi connectivity index (χ1v) is 7.76. The zero-order valence-corrected chi connectivity index (χ0v) is 12.3. The maximum absolute atomic E-state index is 13.0. The smallest absolute Gasteiger partial charge is 0.253 e. The summed E-state index contributed by atoms with van der Waals surface area (Å²) >= 11 is 0. The Morgan fingerprint density at radius 2 is 2.09 bits per heavy atom. The van der Waals surface area contributed by atoms with E-state index in [0.717, 1.165) is 38.8 Å². The summed E-state index contributed by atoms with van der Waals surface area (Å²) in [7, 11) is 0. The fourth-order valence-corrected chi connectivity index (χ4v) is 3.95. The number of benzene rings is 1. The molecule has 1 aliphatic heterocycles. The van der Waals surface area contributed by atoms with E-state index in [-0.39, 0.29) is 17.1 Å². The predicted molar refractivity (Wildman–Crippen MR) is 80.1 cm³/mol. The number of carbonyl (C=O) groups excluding carboxylic acids is 1. The van der Waals surface area contributed by atoms with Crippen LogP contribution < -0.4 is 0 Å². The van der Waals surface area contributed by atoms with E-state index < -0.39 is 0 Å². The van der Waals surface area contributed by atoms with Gasteiger partial charge in [0.2, 0.25) is 0 Å². The van der Waals surface area contributed by atoms with Crippen molar-refractivity contribution in [2.24, 2.45) is 0 Å². The number of H-pyrrole nitrogens is 1. The summed E-state index contributed by atoms with van der Waals surface area (Å²) in [4.78, 5) is 14.6. The fourth-order valence-electron chi connectivity index (χ4n) is 3.95. The van der Waals surface area contributed by atoms with Crippen LogP contribution in [0.3, 0.4) is 0 Å². The molecule has 2 aliphatic rings. The SMILES string of the molecule is O=C(c1ccc(F)cc1)N1CCCC2(CCc3cn[nH]c32)C1. The van der Waals surface area contributed by atoms with Crippen LogP contribution in [0, 0.1) is 5.82 Å². The third kappa shape index (κ3) is 2.03. The first-order chi connectivity index (χ1) is 10.7. The van der Waals surface area contributed by atoms with Crippen molar-refractivity contribution in [1.82, 2.24) is 15.1 Å². The first-order valence-electron chi connectivity index (χ1n) is 7.76. The number of halogens is 1. The summed E-state index contributed by atoms with van der Waals surface area (Å²) in [5, 5.41) is 7.31. The highest BCUT2D eigenvalue weighted by Gasteiger charge is 2.44. The molecule has 22 heavy (non-hydrogen) atoms. The van der Waals surface area contributed by atoms with Gasteiger partial charge in [-0.3, -0.25) is 9.89 Å². The molecular formula is C17H18FN3O. The summed E-state index contributed by atoms with van der Waals surface area (Å²) in [5.74, 6) is -0.323. The lowest BCUT2D eigenvalue weighted by Crippen LogP contribution is -2.47. The number of hydrogen-bond acceptors (Lipinski definition) is 2.